The molecule has 0 saturated heterocycles. The molecule has 7 heteroatoms. The zero-order valence-corrected chi connectivity index (χ0v) is 11.2. The monoisotopic (exact) mass is 291 g/mol. The van der Waals surface area contributed by atoms with Gasteiger partial charge in [0.15, 0.2) is 5.69 Å². The average molecular weight is 292 g/mol. The Kier molecular flexibility index (Phi) is 3.95. The molecule has 0 aliphatic rings. The quantitative estimate of drug-likeness (QED) is 0.906. The van der Waals surface area contributed by atoms with Crippen molar-refractivity contribution in [1.82, 2.24) is 9.97 Å². The highest BCUT2D eigenvalue weighted by Crippen LogP contribution is 2.19. The predicted octanol–water partition coefficient (Wildman–Crippen LogP) is 2.39. The zero-order chi connectivity index (χ0) is 14.7. The van der Waals surface area contributed by atoms with Gasteiger partial charge >= 0.3 is 5.97 Å². The minimum Gasteiger partial charge on any atom is -0.476 e. The van der Waals surface area contributed by atoms with Crippen LogP contribution in [0.3, 0.4) is 0 Å². The molecule has 2 heterocycles. The van der Waals surface area contributed by atoms with Crippen LogP contribution in [0.2, 0.25) is 5.02 Å². The number of aromatic carboxylic acids is 1. The summed E-state index contributed by atoms with van der Waals surface area (Å²) in [6.07, 6.45) is 2.67. The number of carbonyl (C=O) groups excluding carboxylic acids is 1. The summed E-state index contributed by atoms with van der Waals surface area (Å²) in [5.74, 6) is -1.77. The van der Waals surface area contributed by atoms with E-state index in [1.165, 1.54) is 24.5 Å². The maximum Gasteiger partial charge on any atom is 0.356 e. The Morgan fingerprint density at radius 1 is 1.35 bits per heavy atom. The van der Waals surface area contributed by atoms with Crippen molar-refractivity contribution in [3.8, 4) is 0 Å². The number of anilines is 1. The highest BCUT2D eigenvalue weighted by atomic mass is 35.5. The summed E-state index contributed by atoms with van der Waals surface area (Å²) in [7, 11) is 0. The number of carbonyl (C=O) groups is 2. The third-order valence-electron chi connectivity index (χ3n) is 2.49. The Bertz CT molecular complexity index is 688. The second kappa shape index (κ2) is 5.66. The fourth-order valence-corrected chi connectivity index (χ4v) is 1.85. The van der Waals surface area contributed by atoms with E-state index < -0.39 is 11.9 Å². The number of carboxylic acid groups (broad SMARTS) is 1. The van der Waals surface area contributed by atoms with Crippen molar-refractivity contribution >= 4 is 29.2 Å². The number of pyridine rings is 2. The lowest BCUT2D eigenvalue weighted by atomic mass is 10.2. The average Bonchev–Trinajstić information content (AvgIpc) is 2.38. The number of amides is 1. The van der Waals surface area contributed by atoms with Gasteiger partial charge in [-0.2, -0.15) is 0 Å². The van der Waals surface area contributed by atoms with Crippen molar-refractivity contribution in [3.63, 3.8) is 0 Å². The maximum absolute atomic E-state index is 12.1. The Labute approximate surface area is 119 Å². The first-order valence-electron chi connectivity index (χ1n) is 5.61. The molecule has 2 aromatic rings. The van der Waals surface area contributed by atoms with Gasteiger partial charge in [-0.3, -0.25) is 9.78 Å². The molecule has 0 aromatic carbocycles. The second-order valence-corrected chi connectivity index (χ2v) is 4.37. The minimum atomic E-state index is -1.23. The summed E-state index contributed by atoms with van der Waals surface area (Å²) in [6, 6.07) is 4.53. The van der Waals surface area contributed by atoms with Crippen LogP contribution in [0.25, 0.3) is 0 Å². The molecule has 0 fully saturated rings. The van der Waals surface area contributed by atoms with Gasteiger partial charge in [0.05, 0.1) is 16.3 Å². The summed E-state index contributed by atoms with van der Waals surface area (Å²) in [4.78, 5) is 30.7. The van der Waals surface area contributed by atoms with Crippen molar-refractivity contribution in [2.45, 2.75) is 6.92 Å². The molecule has 0 aliphatic carbocycles. The van der Waals surface area contributed by atoms with E-state index in [0.717, 1.165) is 0 Å². The highest BCUT2D eigenvalue weighted by molar-refractivity contribution is 6.34. The first-order chi connectivity index (χ1) is 9.49. The molecule has 0 aliphatic heterocycles. The van der Waals surface area contributed by atoms with Crippen LogP contribution in [0.1, 0.15) is 26.5 Å². The van der Waals surface area contributed by atoms with Gasteiger partial charge in [0.25, 0.3) is 5.91 Å². The number of halogens is 1. The molecule has 0 unspecified atom stereocenters. The van der Waals surface area contributed by atoms with E-state index in [1.54, 1.807) is 13.0 Å². The number of nitrogens with zero attached hydrogens (tertiary/aromatic N) is 2. The van der Waals surface area contributed by atoms with Gasteiger partial charge in [-0.15, -0.1) is 0 Å². The molecule has 102 valence electrons. The number of hydrogen-bond acceptors (Lipinski definition) is 4. The third kappa shape index (κ3) is 2.92. The molecule has 0 saturated carbocycles. The van der Waals surface area contributed by atoms with Crippen LogP contribution in [0.5, 0.6) is 0 Å². The normalized spacial score (nSPS) is 10.1. The Balaban J connectivity index is 2.30. The standard InChI is InChI=1S/C13H10ClN3O3/c1-7-5-9(14)8(6-16-7)12(18)17-10-3-2-4-15-11(10)13(19)20/h2-6H,1H3,(H,17,18)(H,19,20). The number of hydrogen-bond donors (Lipinski definition) is 2. The number of carboxylic acids is 1. The fourth-order valence-electron chi connectivity index (χ4n) is 1.56. The molecule has 2 N–H and O–H groups in total. The topological polar surface area (TPSA) is 92.2 Å². The second-order valence-electron chi connectivity index (χ2n) is 3.96. The Morgan fingerprint density at radius 3 is 2.75 bits per heavy atom. The smallest absolute Gasteiger partial charge is 0.356 e. The number of aromatic nitrogens is 2. The van der Waals surface area contributed by atoms with Crippen LogP contribution in [0, 0.1) is 6.92 Å². The molecule has 0 atom stereocenters. The lowest BCUT2D eigenvalue weighted by Gasteiger charge is -2.08. The number of nitrogens with one attached hydrogen (secondary N) is 1. The van der Waals surface area contributed by atoms with Crippen molar-refractivity contribution in [1.29, 1.82) is 0 Å². The molecule has 6 nitrogen and oxygen atoms in total. The van der Waals surface area contributed by atoms with Gasteiger partial charge < -0.3 is 10.4 Å². The number of aryl methyl sites for hydroxylation is 1. The zero-order valence-electron chi connectivity index (χ0n) is 10.4. The molecule has 0 radical (unpaired) electrons. The molecule has 20 heavy (non-hydrogen) atoms. The first-order valence-corrected chi connectivity index (χ1v) is 5.98. The summed E-state index contributed by atoms with van der Waals surface area (Å²) in [5.41, 5.74) is 0.704. The van der Waals surface area contributed by atoms with Crippen molar-refractivity contribution < 1.29 is 14.7 Å². The van der Waals surface area contributed by atoms with Crippen molar-refractivity contribution in [2.24, 2.45) is 0 Å². The molecule has 0 spiro atoms. The van der Waals surface area contributed by atoms with E-state index >= 15 is 0 Å². The lowest BCUT2D eigenvalue weighted by molar-refractivity contribution is 0.0692. The van der Waals surface area contributed by atoms with E-state index in [9.17, 15) is 9.59 Å². The Morgan fingerprint density at radius 2 is 2.10 bits per heavy atom. The van der Waals surface area contributed by atoms with Gasteiger partial charge in [0.2, 0.25) is 0 Å². The van der Waals surface area contributed by atoms with Crippen molar-refractivity contribution in [2.75, 3.05) is 5.32 Å². The van der Waals surface area contributed by atoms with Gasteiger partial charge in [0.1, 0.15) is 0 Å². The van der Waals surface area contributed by atoms with Gasteiger partial charge in [-0.05, 0) is 25.1 Å². The summed E-state index contributed by atoms with van der Waals surface area (Å²) >= 11 is 5.96. The molecular formula is C13H10ClN3O3. The van der Waals surface area contributed by atoms with Gasteiger partial charge in [-0.25, -0.2) is 9.78 Å². The number of rotatable bonds is 3. The minimum absolute atomic E-state index is 0.0987. The SMILES string of the molecule is Cc1cc(Cl)c(C(=O)Nc2cccnc2C(=O)O)cn1. The molecule has 2 aromatic heterocycles. The van der Waals surface area contributed by atoms with Crippen LogP contribution in [-0.4, -0.2) is 27.0 Å². The van der Waals surface area contributed by atoms with Crippen LogP contribution in [-0.2, 0) is 0 Å². The summed E-state index contributed by atoms with van der Waals surface area (Å²) in [6.45, 7) is 1.75. The van der Waals surface area contributed by atoms with E-state index in [1.807, 2.05) is 0 Å². The highest BCUT2D eigenvalue weighted by Gasteiger charge is 2.16. The fraction of sp³-hybridized carbons (Fsp3) is 0.0769. The van der Waals surface area contributed by atoms with E-state index in [4.69, 9.17) is 16.7 Å². The van der Waals surface area contributed by atoms with Gasteiger partial charge in [-0.1, -0.05) is 11.6 Å². The Hall–Kier alpha value is -2.47. The predicted molar refractivity (Wildman–Crippen MR) is 73.1 cm³/mol. The summed E-state index contributed by atoms with van der Waals surface area (Å²) in [5, 5.41) is 11.7. The summed E-state index contributed by atoms with van der Waals surface area (Å²) < 4.78 is 0. The van der Waals surface area contributed by atoms with Gasteiger partial charge in [0, 0.05) is 18.1 Å². The van der Waals surface area contributed by atoms with Crippen LogP contribution >= 0.6 is 11.6 Å². The third-order valence-corrected chi connectivity index (χ3v) is 2.81. The molecular weight excluding hydrogens is 282 g/mol. The first kappa shape index (κ1) is 14.0. The van der Waals surface area contributed by atoms with E-state index in [-0.39, 0.29) is 22.0 Å². The van der Waals surface area contributed by atoms with Crippen LogP contribution < -0.4 is 5.32 Å². The maximum atomic E-state index is 12.1. The molecule has 2 rings (SSSR count). The largest absolute Gasteiger partial charge is 0.476 e. The van der Waals surface area contributed by atoms with E-state index in [2.05, 4.69) is 15.3 Å². The lowest BCUT2D eigenvalue weighted by Crippen LogP contribution is -2.16. The van der Waals surface area contributed by atoms with E-state index in [0.29, 0.717) is 5.69 Å². The van der Waals surface area contributed by atoms with Crippen LogP contribution in [0.15, 0.2) is 30.6 Å². The molecule has 1 amide bonds. The van der Waals surface area contributed by atoms with Crippen molar-refractivity contribution in [3.05, 3.63) is 52.6 Å². The van der Waals surface area contributed by atoms with Crippen LogP contribution in [0.4, 0.5) is 5.69 Å². The molecule has 0 bridgehead atoms.